The number of likely N-dealkylation sites (tertiary alicyclic amines) is 1. The molecule has 1 saturated heterocycles. The molecule has 1 aliphatic rings. The molecule has 104 valence electrons. The zero-order chi connectivity index (χ0) is 13.7. The van der Waals surface area contributed by atoms with Gasteiger partial charge in [0, 0.05) is 6.54 Å². The highest BCUT2D eigenvalue weighted by atomic mass is 16.4. The first-order valence-corrected chi connectivity index (χ1v) is 6.84. The molecule has 0 bridgehead atoms. The van der Waals surface area contributed by atoms with Crippen molar-refractivity contribution in [2.45, 2.75) is 19.8 Å². The van der Waals surface area contributed by atoms with Crippen LogP contribution < -0.4 is 5.32 Å². The molecule has 0 radical (unpaired) electrons. The van der Waals surface area contributed by atoms with Gasteiger partial charge >= 0.3 is 5.97 Å². The van der Waals surface area contributed by atoms with E-state index in [1.165, 1.54) is 32.0 Å². The van der Waals surface area contributed by atoms with Crippen LogP contribution in [0.15, 0.2) is 18.3 Å². The lowest BCUT2D eigenvalue weighted by Crippen LogP contribution is -2.35. The van der Waals surface area contributed by atoms with E-state index in [0.29, 0.717) is 5.92 Å². The quantitative estimate of drug-likeness (QED) is 0.849. The molecule has 19 heavy (non-hydrogen) atoms. The van der Waals surface area contributed by atoms with Crippen LogP contribution in [0.5, 0.6) is 0 Å². The fraction of sp³-hybridized carbons (Fsp3) is 0.571. The minimum Gasteiger partial charge on any atom is -0.477 e. The number of aromatic nitrogens is 1. The van der Waals surface area contributed by atoms with Gasteiger partial charge in [0.15, 0.2) is 0 Å². The van der Waals surface area contributed by atoms with Crippen LogP contribution in [0.1, 0.15) is 30.3 Å². The van der Waals surface area contributed by atoms with Crippen molar-refractivity contribution in [1.29, 1.82) is 0 Å². The molecule has 2 heterocycles. The van der Waals surface area contributed by atoms with E-state index in [4.69, 9.17) is 5.11 Å². The van der Waals surface area contributed by atoms with Crippen LogP contribution in [0.25, 0.3) is 0 Å². The van der Waals surface area contributed by atoms with Crippen LogP contribution in [0, 0.1) is 5.92 Å². The average molecular weight is 263 g/mol. The van der Waals surface area contributed by atoms with E-state index in [1.54, 1.807) is 12.3 Å². The van der Waals surface area contributed by atoms with Crippen LogP contribution >= 0.6 is 0 Å². The molecule has 5 heteroatoms. The SMILES string of the molecule is CCN1CCC(CNc2ccc(C(=O)O)nc2)CC1. The molecule has 1 aromatic rings. The van der Waals surface area contributed by atoms with Crippen molar-refractivity contribution in [3.63, 3.8) is 0 Å². The largest absolute Gasteiger partial charge is 0.477 e. The van der Waals surface area contributed by atoms with Gasteiger partial charge in [-0.3, -0.25) is 0 Å². The predicted octanol–water partition coefficient (Wildman–Crippen LogP) is 1.92. The molecular weight excluding hydrogens is 242 g/mol. The summed E-state index contributed by atoms with van der Waals surface area (Å²) >= 11 is 0. The standard InChI is InChI=1S/C14H21N3O2/c1-2-17-7-5-11(6-8-17)9-15-12-3-4-13(14(18)19)16-10-12/h3-4,10-11,15H,2,5-9H2,1H3,(H,18,19). The maximum atomic E-state index is 10.7. The first-order valence-electron chi connectivity index (χ1n) is 6.84. The highest BCUT2D eigenvalue weighted by molar-refractivity contribution is 5.85. The Labute approximate surface area is 113 Å². The van der Waals surface area contributed by atoms with Gasteiger partial charge in [0.2, 0.25) is 0 Å². The third-order valence-electron chi connectivity index (χ3n) is 3.73. The fourth-order valence-electron chi connectivity index (χ4n) is 2.39. The van der Waals surface area contributed by atoms with E-state index in [0.717, 1.165) is 18.8 Å². The van der Waals surface area contributed by atoms with Gasteiger partial charge in [-0.2, -0.15) is 0 Å². The molecule has 2 rings (SSSR count). The highest BCUT2D eigenvalue weighted by Gasteiger charge is 2.17. The second kappa shape index (κ2) is 6.52. The lowest BCUT2D eigenvalue weighted by atomic mass is 9.97. The number of aromatic carboxylic acids is 1. The van der Waals surface area contributed by atoms with Crippen LogP contribution in [0.3, 0.4) is 0 Å². The van der Waals surface area contributed by atoms with Crippen molar-refractivity contribution in [3.05, 3.63) is 24.0 Å². The fourth-order valence-corrected chi connectivity index (χ4v) is 2.39. The number of nitrogens with one attached hydrogen (secondary N) is 1. The van der Waals surface area contributed by atoms with Gasteiger partial charge in [0.1, 0.15) is 5.69 Å². The van der Waals surface area contributed by atoms with Gasteiger partial charge in [0.05, 0.1) is 11.9 Å². The Morgan fingerprint density at radius 2 is 2.21 bits per heavy atom. The van der Waals surface area contributed by atoms with Crippen molar-refractivity contribution in [3.8, 4) is 0 Å². The van der Waals surface area contributed by atoms with E-state index in [-0.39, 0.29) is 5.69 Å². The van der Waals surface area contributed by atoms with Crippen LogP contribution in [0.4, 0.5) is 5.69 Å². The van der Waals surface area contributed by atoms with Gasteiger partial charge in [-0.25, -0.2) is 9.78 Å². The van der Waals surface area contributed by atoms with Crippen molar-refractivity contribution in [2.75, 3.05) is 31.5 Å². The van der Waals surface area contributed by atoms with E-state index in [9.17, 15) is 4.79 Å². The third-order valence-corrected chi connectivity index (χ3v) is 3.73. The summed E-state index contributed by atoms with van der Waals surface area (Å²) in [6, 6.07) is 3.31. The summed E-state index contributed by atoms with van der Waals surface area (Å²) in [5.41, 5.74) is 0.977. The molecule has 0 spiro atoms. The first kappa shape index (κ1) is 13.8. The smallest absolute Gasteiger partial charge is 0.354 e. The summed E-state index contributed by atoms with van der Waals surface area (Å²) in [7, 11) is 0. The van der Waals surface area contributed by atoms with Crippen LogP contribution in [0.2, 0.25) is 0 Å². The van der Waals surface area contributed by atoms with Gasteiger partial charge in [-0.05, 0) is 50.5 Å². The van der Waals surface area contributed by atoms with Crippen LogP contribution in [-0.2, 0) is 0 Å². The molecule has 0 amide bonds. The summed E-state index contributed by atoms with van der Waals surface area (Å²) in [5, 5.41) is 12.1. The summed E-state index contributed by atoms with van der Waals surface area (Å²) in [6.45, 7) is 6.64. The lowest BCUT2D eigenvalue weighted by Gasteiger charge is -2.31. The van der Waals surface area contributed by atoms with Crippen molar-refractivity contribution >= 4 is 11.7 Å². The van der Waals surface area contributed by atoms with Gasteiger partial charge in [-0.15, -0.1) is 0 Å². The Morgan fingerprint density at radius 3 is 2.74 bits per heavy atom. The highest BCUT2D eigenvalue weighted by Crippen LogP contribution is 2.17. The monoisotopic (exact) mass is 263 g/mol. The van der Waals surface area contributed by atoms with Crippen molar-refractivity contribution < 1.29 is 9.90 Å². The third kappa shape index (κ3) is 3.92. The Bertz CT molecular complexity index is 411. The summed E-state index contributed by atoms with van der Waals surface area (Å²) in [5.74, 6) is -0.291. The minimum atomic E-state index is -0.988. The molecule has 1 aliphatic heterocycles. The van der Waals surface area contributed by atoms with E-state index in [1.807, 2.05) is 0 Å². The Balaban J connectivity index is 1.78. The number of piperidine rings is 1. The summed E-state index contributed by atoms with van der Waals surface area (Å²) in [4.78, 5) is 17.1. The number of carboxylic acids is 1. The van der Waals surface area contributed by atoms with E-state index < -0.39 is 5.97 Å². The number of rotatable bonds is 5. The molecule has 0 aliphatic carbocycles. The Hall–Kier alpha value is -1.62. The van der Waals surface area contributed by atoms with Crippen molar-refractivity contribution in [2.24, 2.45) is 5.92 Å². The second-order valence-electron chi connectivity index (χ2n) is 5.00. The Morgan fingerprint density at radius 1 is 1.47 bits per heavy atom. The molecule has 0 unspecified atom stereocenters. The first-order chi connectivity index (χ1) is 9.19. The summed E-state index contributed by atoms with van der Waals surface area (Å²) in [6.07, 6.45) is 4.04. The minimum absolute atomic E-state index is 0.0850. The van der Waals surface area contributed by atoms with Gasteiger partial charge < -0.3 is 15.3 Å². The number of nitrogens with zero attached hydrogens (tertiary/aromatic N) is 2. The number of carboxylic acid groups (broad SMARTS) is 1. The number of anilines is 1. The second-order valence-corrected chi connectivity index (χ2v) is 5.00. The number of pyridine rings is 1. The van der Waals surface area contributed by atoms with Gasteiger partial charge in [0.25, 0.3) is 0 Å². The lowest BCUT2D eigenvalue weighted by molar-refractivity contribution is 0.0690. The molecule has 0 aromatic carbocycles. The molecule has 5 nitrogen and oxygen atoms in total. The van der Waals surface area contributed by atoms with E-state index >= 15 is 0 Å². The Kier molecular flexibility index (Phi) is 4.74. The topological polar surface area (TPSA) is 65.5 Å². The van der Waals surface area contributed by atoms with Gasteiger partial charge in [-0.1, -0.05) is 6.92 Å². The molecule has 0 saturated carbocycles. The maximum Gasteiger partial charge on any atom is 0.354 e. The maximum absolute atomic E-state index is 10.7. The zero-order valence-electron chi connectivity index (χ0n) is 11.3. The molecule has 1 fully saturated rings. The molecule has 2 N–H and O–H groups in total. The average Bonchev–Trinajstić information content (AvgIpc) is 2.46. The molecule has 1 aromatic heterocycles. The predicted molar refractivity (Wildman–Crippen MR) is 74.5 cm³/mol. The molecular formula is C14H21N3O2. The van der Waals surface area contributed by atoms with Crippen LogP contribution in [-0.4, -0.2) is 47.1 Å². The van der Waals surface area contributed by atoms with Crippen molar-refractivity contribution in [1.82, 2.24) is 9.88 Å². The normalized spacial score (nSPS) is 17.3. The zero-order valence-corrected chi connectivity index (χ0v) is 11.3. The number of hydrogen-bond donors (Lipinski definition) is 2. The van der Waals surface area contributed by atoms with E-state index in [2.05, 4.69) is 22.1 Å². The summed E-state index contributed by atoms with van der Waals surface area (Å²) < 4.78 is 0. The molecule has 0 atom stereocenters. The number of carbonyl (C=O) groups is 1. The number of hydrogen-bond acceptors (Lipinski definition) is 4.